The van der Waals surface area contributed by atoms with Crippen LogP contribution in [0.5, 0.6) is 11.5 Å². The summed E-state index contributed by atoms with van der Waals surface area (Å²) in [5, 5.41) is 2.76. The van der Waals surface area contributed by atoms with Crippen molar-refractivity contribution in [3.8, 4) is 11.5 Å². The van der Waals surface area contributed by atoms with E-state index in [9.17, 15) is 4.79 Å². The van der Waals surface area contributed by atoms with Crippen LogP contribution >= 0.6 is 15.9 Å². The van der Waals surface area contributed by atoms with Gasteiger partial charge in [-0.05, 0) is 57.4 Å². The number of carbonyl (C=O) groups is 1. The molecule has 1 heterocycles. The van der Waals surface area contributed by atoms with Crippen molar-refractivity contribution in [2.45, 2.75) is 13.2 Å². The molecule has 0 aliphatic rings. The molecule has 2 aromatic carbocycles. The van der Waals surface area contributed by atoms with Crippen molar-refractivity contribution in [1.82, 2.24) is 5.32 Å². The van der Waals surface area contributed by atoms with Crippen LogP contribution in [-0.2, 0) is 17.9 Å². The van der Waals surface area contributed by atoms with E-state index in [-0.39, 0.29) is 5.91 Å². The van der Waals surface area contributed by atoms with Gasteiger partial charge in [-0.3, -0.25) is 4.79 Å². The molecular formula is C22H20BrNO4. The summed E-state index contributed by atoms with van der Waals surface area (Å²) in [4.78, 5) is 12.0. The molecule has 1 N–H and O–H groups in total. The van der Waals surface area contributed by atoms with Crippen molar-refractivity contribution in [3.05, 3.63) is 88.3 Å². The molecule has 28 heavy (non-hydrogen) atoms. The normalized spacial score (nSPS) is 10.8. The van der Waals surface area contributed by atoms with Crippen molar-refractivity contribution in [2.24, 2.45) is 0 Å². The fourth-order valence-electron chi connectivity index (χ4n) is 2.52. The molecule has 1 aromatic heterocycles. The Labute approximate surface area is 172 Å². The Morgan fingerprint density at radius 1 is 1.18 bits per heavy atom. The average Bonchev–Trinajstić information content (AvgIpc) is 3.24. The summed E-state index contributed by atoms with van der Waals surface area (Å²) in [6.07, 6.45) is 4.75. The molecule has 0 radical (unpaired) electrons. The molecule has 0 aliphatic carbocycles. The minimum Gasteiger partial charge on any atom is -0.493 e. The zero-order chi connectivity index (χ0) is 19.8. The summed E-state index contributed by atoms with van der Waals surface area (Å²) in [6.45, 7) is 0.773. The number of methoxy groups -OCH3 is 1. The van der Waals surface area contributed by atoms with E-state index < -0.39 is 0 Å². The molecule has 0 unspecified atom stereocenters. The number of furan rings is 1. The first-order valence-electron chi connectivity index (χ1n) is 8.68. The van der Waals surface area contributed by atoms with Gasteiger partial charge in [0.05, 0.1) is 24.4 Å². The lowest BCUT2D eigenvalue weighted by molar-refractivity contribution is -0.116. The largest absolute Gasteiger partial charge is 0.493 e. The van der Waals surface area contributed by atoms with Crippen LogP contribution < -0.4 is 14.8 Å². The third kappa shape index (κ3) is 5.50. The van der Waals surface area contributed by atoms with Gasteiger partial charge in [-0.25, -0.2) is 0 Å². The maximum atomic E-state index is 12.0. The highest BCUT2D eigenvalue weighted by Crippen LogP contribution is 2.37. The van der Waals surface area contributed by atoms with Gasteiger partial charge in [-0.2, -0.15) is 0 Å². The van der Waals surface area contributed by atoms with Gasteiger partial charge in [-0.15, -0.1) is 0 Å². The van der Waals surface area contributed by atoms with E-state index in [1.807, 2.05) is 42.5 Å². The number of halogens is 1. The topological polar surface area (TPSA) is 60.7 Å². The summed E-state index contributed by atoms with van der Waals surface area (Å²) in [5.74, 6) is 1.69. The zero-order valence-corrected chi connectivity index (χ0v) is 16.9. The van der Waals surface area contributed by atoms with Crippen LogP contribution in [0.4, 0.5) is 0 Å². The van der Waals surface area contributed by atoms with E-state index in [1.54, 1.807) is 31.6 Å². The predicted molar refractivity (Wildman–Crippen MR) is 111 cm³/mol. The number of hydrogen-bond acceptors (Lipinski definition) is 4. The van der Waals surface area contributed by atoms with Crippen LogP contribution in [0.15, 0.2) is 75.8 Å². The number of hydrogen-bond donors (Lipinski definition) is 1. The maximum absolute atomic E-state index is 12.0. The van der Waals surface area contributed by atoms with E-state index in [2.05, 4.69) is 21.2 Å². The van der Waals surface area contributed by atoms with Crippen LogP contribution in [0, 0.1) is 0 Å². The first kappa shape index (κ1) is 19.8. The van der Waals surface area contributed by atoms with Crippen molar-refractivity contribution in [3.63, 3.8) is 0 Å². The van der Waals surface area contributed by atoms with E-state index in [1.165, 1.54) is 6.08 Å². The van der Waals surface area contributed by atoms with Crippen molar-refractivity contribution < 1.29 is 18.7 Å². The third-order valence-corrected chi connectivity index (χ3v) is 4.51. The monoisotopic (exact) mass is 441 g/mol. The molecule has 0 atom stereocenters. The van der Waals surface area contributed by atoms with Gasteiger partial charge in [0.2, 0.25) is 5.91 Å². The molecule has 5 nitrogen and oxygen atoms in total. The molecule has 1 amide bonds. The standard InChI is InChI=1S/C22H20BrNO4/c1-26-20-13-17(9-10-21(25)24-14-18-8-5-11-27-18)12-19(23)22(20)28-15-16-6-3-2-4-7-16/h2-13H,14-15H2,1H3,(H,24,25)/b10-9+. The SMILES string of the molecule is COc1cc(/C=C/C(=O)NCc2ccco2)cc(Br)c1OCc1ccccc1. The Balaban J connectivity index is 1.65. The Kier molecular flexibility index (Phi) is 6.92. The molecule has 3 rings (SSSR count). The number of carbonyl (C=O) groups excluding carboxylic acids is 1. The fraction of sp³-hybridized carbons (Fsp3) is 0.136. The minimum absolute atomic E-state index is 0.212. The van der Waals surface area contributed by atoms with E-state index in [0.29, 0.717) is 30.4 Å². The van der Waals surface area contributed by atoms with E-state index >= 15 is 0 Å². The molecule has 0 saturated heterocycles. The molecule has 0 aliphatic heterocycles. The first-order chi connectivity index (χ1) is 13.7. The lowest BCUT2D eigenvalue weighted by Crippen LogP contribution is -2.19. The summed E-state index contributed by atoms with van der Waals surface area (Å²) in [5.41, 5.74) is 1.87. The van der Waals surface area contributed by atoms with E-state index in [4.69, 9.17) is 13.9 Å². The number of ether oxygens (including phenoxy) is 2. The summed E-state index contributed by atoms with van der Waals surface area (Å²) >= 11 is 3.52. The summed E-state index contributed by atoms with van der Waals surface area (Å²) in [6, 6.07) is 17.2. The number of benzene rings is 2. The van der Waals surface area contributed by atoms with Gasteiger partial charge in [0.25, 0.3) is 0 Å². The van der Waals surface area contributed by atoms with Crippen LogP contribution in [0.25, 0.3) is 6.08 Å². The fourth-order valence-corrected chi connectivity index (χ4v) is 3.10. The van der Waals surface area contributed by atoms with Gasteiger partial charge < -0.3 is 19.2 Å². The lowest BCUT2D eigenvalue weighted by Gasteiger charge is -2.13. The number of amides is 1. The first-order valence-corrected chi connectivity index (χ1v) is 9.47. The number of nitrogens with one attached hydrogen (secondary N) is 1. The molecule has 0 spiro atoms. The van der Waals surface area contributed by atoms with Crippen LogP contribution in [0.2, 0.25) is 0 Å². The minimum atomic E-state index is -0.212. The maximum Gasteiger partial charge on any atom is 0.244 e. The molecule has 144 valence electrons. The highest BCUT2D eigenvalue weighted by Gasteiger charge is 2.11. The van der Waals surface area contributed by atoms with Crippen LogP contribution in [0.3, 0.4) is 0 Å². The summed E-state index contributed by atoms with van der Waals surface area (Å²) in [7, 11) is 1.58. The zero-order valence-electron chi connectivity index (χ0n) is 15.4. The molecule has 3 aromatic rings. The Hall–Kier alpha value is -2.99. The Bertz CT molecular complexity index is 937. The molecule has 0 bridgehead atoms. The summed E-state index contributed by atoms with van der Waals surface area (Å²) < 4.78 is 17.3. The van der Waals surface area contributed by atoms with Gasteiger partial charge in [0, 0.05) is 6.08 Å². The van der Waals surface area contributed by atoms with Gasteiger partial charge >= 0.3 is 0 Å². The van der Waals surface area contributed by atoms with Gasteiger partial charge in [0.1, 0.15) is 12.4 Å². The molecule has 0 saturated carbocycles. The Morgan fingerprint density at radius 3 is 2.71 bits per heavy atom. The van der Waals surface area contributed by atoms with E-state index in [0.717, 1.165) is 15.6 Å². The second-order valence-corrected chi connectivity index (χ2v) is 6.79. The quantitative estimate of drug-likeness (QED) is 0.501. The lowest BCUT2D eigenvalue weighted by atomic mass is 10.2. The average molecular weight is 442 g/mol. The molecule has 6 heteroatoms. The third-order valence-electron chi connectivity index (χ3n) is 3.92. The molecular weight excluding hydrogens is 422 g/mol. The van der Waals surface area contributed by atoms with Gasteiger partial charge in [-0.1, -0.05) is 30.3 Å². The van der Waals surface area contributed by atoms with Crippen molar-refractivity contribution in [1.29, 1.82) is 0 Å². The highest BCUT2D eigenvalue weighted by molar-refractivity contribution is 9.10. The second kappa shape index (κ2) is 9.80. The van der Waals surface area contributed by atoms with Crippen molar-refractivity contribution in [2.75, 3.05) is 7.11 Å². The second-order valence-electron chi connectivity index (χ2n) is 5.94. The predicted octanol–water partition coefficient (Wildman–Crippen LogP) is 4.96. The molecule has 0 fully saturated rings. The highest BCUT2D eigenvalue weighted by atomic mass is 79.9. The Morgan fingerprint density at radius 2 is 2.00 bits per heavy atom. The smallest absolute Gasteiger partial charge is 0.244 e. The van der Waals surface area contributed by atoms with Gasteiger partial charge in [0.15, 0.2) is 11.5 Å². The van der Waals surface area contributed by atoms with Crippen LogP contribution in [0.1, 0.15) is 16.9 Å². The van der Waals surface area contributed by atoms with Crippen molar-refractivity contribution >= 4 is 27.9 Å². The van der Waals surface area contributed by atoms with Crippen LogP contribution in [-0.4, -0.2) is 13.0 Å². The number of rotatable bonds is 8.